The number of rotatable bonds is 8. The van der Waals surface area contributed by atoms with E-state index in [2.05, 4.69) is 9.88 Å². The second kappa shape index (κ2) is 14.6. The fraction of sp³-hybridized carbons (Fsp3) is 0.605. The smallest absolute Gasteiger partial charge is 0.319 e. The van der Waals surface area contributed by atoms with Gasteiger partial charge in [0, 0.05) is 49.0 Å². The first-order chi connectivity index (χ1) is 27.0. The van der Waals surface area contributed by atoms with Gasteiger partial charge in [-0.25, -0.2) is 8.78 Å². The first-order valence-electron chi connectivity index (χ1n) is 20.5. The highest BCUT2D eigenvalue weighted by molar-refractivity contribution is 6.01. The Balaban J connectivity index is 1.11. The molecule has 2 aliphatic carbocycles. The van der Waals surface area contributed by atoms with Crippen LogP contribution in [0.5, 0.6) is 11.8 Å². The van der Waals surface area contributed by atoms with E-state index in [4.69, 9.17) is 24.2 Å². The number of piperidine rings is 1. The molecule has 5 heterocycles. The summed E-state index contributed by atoms with van der Waals surface area (Å²) >= 11 is 0. The molecule has 3 aliphatic heterocycles. The zero-order valence-corrected chi connectivity index (χ0v) is 32.4. The van der Waals surface area contributed by atoms with E-state index >= 15 is 8.78 Å². The Hall–Kier alpha value is -3.75. The Kier molecular flexibility index (Phi) is 9.84. The van der Waals surface area contributed by atoms with Crippen LogP contribution >= 0.6 is 0 Å². The number of aliphatic hydroxyl groups excluding tert-OH is 1. The Labute approximate surface area is 326 Å². The van der Waals surface area contributed by atoms with E-state index in [1.807, 2.05) is 6.92 Å². The van der Waals surface area contributed by atoms with E-state index in [0.717, 1.165) is 64.7 Å². The van der Waals surface area contributed by atoms with E-state index in [9.17, 15) is 15.3 Å². The summed E-state index contributed by atoms with van der Waals surface area (Å²) in [5, 5.41) is 33.5. The summed E-state index contributed by atoms with van der Waals surface area (Å²) in [5.41, 5.74) is -0.451. The second-order valence-electron chi connectivity index (χ2n) is 17.6. The zero-order valence-electron chi connectivity index (χ0n) is 32.4. The number of nitrogens with zero attached hydrogens (tertiary/aromatic N) is 5. The van der Waals surface area contributed by atoms with Crippen LogP contribution in [0.3, 0.4) is 0 Å². The van der Waals surface area contributed by atoms with Crippen LogP contribution in [0.4, 0.5) is 14.6 Å². The number of pyridine rings is 1. The van der Waals surface area contributed by atoms with Gasteiger partial charge in [-0.05, 0) is 111 Å². The second-order valence-corrected chi connectivity index (χ2v) is 17.6. The molecule has 2 saturated carbocycles. The van der Waals surface area contributed by atoms with E-state index in [1.165, 1.54) is 37.2 Å². The molecule has 2 aromatic carbocycles. The van der Waals surface area contributed by atoms with Crippen molar-refractivity contribution < 1.29 is 38.3 Å². The van der Waals surface area contributed by atoms with Crippen molar-refractivity contribution in [1.82, 2.24) is 19.9 Å². The van der Waals surface area contributed by atoms with Crippen molar-refractivity contribution in [3.8, 4) is 23.0 Å². The fourth-order valence-corrected chi connectivity index (χ4v) is 10.9. The third-order valence-electron chi connectivity index (χ3n) is 13.7. The molecule has 3 saturated heterocycles. The van der Waals surface area contributed by atoms with Crippen molar-refractivity contribution in [1.29, 1.82) is 0 Å². The lowest BCUT2D eigenvalue weighted by atomic mass is 9.60. The minimum absolute atomic E-state index is 0.00491. The standard InChI is InChI=1S/C43H53F2N5O6/c1-3-30-33(44)8-7-26-16-28(52)17-31(35(26)30)37-36(45)38-32(20-46-37)39(49-21-29(22-51)55-24-41(2,53)23-49)48-40(47-38)56-25-43-9-4-6-34(43)50(13-5-10-43)27-18-42(19-27)11-14-54-15-12-42/h7-8,16-17,20,27,29,34,51-53H,3-6,9-15,18-19,21-25H2,1-2H3/t29-,34?,41+,43?/m1/s1. The minimum atomic E-state index is -1.30. The third-order valence-corrected chi connectivity index (χ3v) is 13.7. The lowest BCUT2D eigenvalue weighted by Crippen LogP contribution is -2.61. The van der Waals surface area contributed by atoms with Gasteiger partial charge in [0.15, 0.2) is 5.82 Å². The number of benzene rings is 2. The van der Waals surface area contributed by atoms with Gasteiger partial charge in [0.05, 0.1) is 37.9 Å². The highest BCUT2D eigenvalue weighted by atomic mass is 19.1. The summed E-state index contributed by atoms with van der Waals surface area (Å²) < 4.78 is 50.6. The number of aromatic hydroxyl groups is 1. The third kappa shape index (κ3) is 6.66. The number of aromatic nitrogens is 3. The molecular weight excluding hydrogens is 720 g/mol. The maximum absolute atomic E-state index is 17.3. The molecule has 11 nitrogen and oxygen atoms in total. The van der Waals surface area contributed by atoms with Gasteiger partial charge in [-0.3, -0.25) is 9.88 Å². The lowest BCUT2D eigenvalue weighted by molar-refractivity contribution is -0.112. The Morgan fingerprint density at radius 3 is 2.64 bits per heavy atom. The summed E-state index contributed by atoms with van der Waals surface area (Å²) in [4.78, 5) is 18.8. The van der Waals surface area contributed by atoms with Crippen LogP contribution in [-0.4, -0.2) is 112 Å². The molecule has 4 atom stereocenters. The van der Waals surface area contributed by atoms with E-state index in [-0.39, 0.29) is 65.6 Å². The number of halogens is 2. The first kappa shape index (κ1) is 37.8. The molecule has 9 rings (SSSR count). The van der Waals surface area contributed by atoms with Gasteiger partial charge in [0.2, 0.25) is 0 Å². The molecule has 56 heavy (non-hydrogen) atoms. The molecule has 0 amide bonds. The van der Waals surface area contributed by atoms with Crippen LogP contribution in [0.2, 0.25) is 0 Å². The summed E-state index contributed by atoms with van der Waals surface area (Å²) in [5.74, 6) is -0.990. The highest BCUT2D eigenvalue weighted by Gasteiger charge is 2.55. The predicted molar refractivity (Wildman–Crippen MR) is 208 cm³/mol. The summed E-state index contributed by atoms with van der Waals surface area (Å²) in [6, 6.07) is 6.84. The first-order valence-corrected chi connectivity index (χ1v) is 20.5. The number of ether oxygens (including phenoxy) is 3. The van der Waals surface area contributed by atoms with Crippen LogP contribution < -0.4 is 9.64 Å². The van der Waals surface area contributed by atoms with Gasteiger partial charge in [-0.15, -0.1) is 0 Å². The maximum Gasteiger partial charge on any atom is 0.319 e. The molecule has 2 unspecified atom stereocenters. The summed E-state index contributed by atoms with van der Waals surface area (Å²) in [6.07, 6.45) is 11.4. The van der Waals surface area contributed by atoms with Crippen LogP contribution in [-0.2, 0) is 15.9 Å². The van der Waals surface area contributed by atoms with Crippen LogP contribution in [0.15, 0.2) is 30.5 Å². The lowest BCUT2D eigenvalue weighted by Gasteiger charge is -2.58. The number of hydrogen-bond donors (Lipinski definition) is 3. The van der Waals surface area contributed by atoms with Crippen molar-refractivity contribution in [2.75, 3.05) is 57.6 Å². The zero-order chi connectivity index (χ0) is 38.8. The van der Waals surface area contributed by atoms with Crippen molar-refractivity contribution >= 4 is 27.5 Å². The number of hydrogen-bond acceptors (Lipinski definition) is 11. The quantitative estimate of drug-likeness (QED) is 0.186. The molecule has 0 radical (unpaired) electrons. The molecule has 13 heteroatoms. The number of likely N-dealkylation sites (tertiary alicyclic amines) is 1. The van der Waals surface area contributed by atoms with Gasteiger partial charge in [-0.1, -0.05) is 19.4 Å². The number of aliphatic hydroxyl groups is 2. The van der Waals surface area contributed by atoms with Crippen LogP contribution in [0.1, 0.15) is 77.2 Å². The molecule has 1 spiro atoms. The Bertz CT molecular complexity index is 2120. The van der Waals surface area contributed by atoms with Gasteiger partial charge in [0.1, 0.15) is 34.2 Å². The maximum atomic E-state index is 17.3. The Morgan fingerprint density at radius 2 is 1.86 bits per heavy atom. The molecule has 0 bridgehead atoms. The largest absolute Gasteiger partial charge is 0.508 e. The average Bonchev–Trinajstić information content (AvgIpc) is 3.55. The SMILES string of the molecule is CCc1c(F)ccc2cc(O)cc(-c3ncc4c(N5C[C@H](CO)OC[C@@](C)(O)C5)nc(OCC56CCCC5N(C5CC7(CCOCC7)C5)CCC6)nc4c3F)c12. The van der Waals surface area contributed by atoms with Crippen molar-refractivity contribution in [2.45, 2.75) is 102 Å². The van der Waals surface area contributed by atoms with Gasteiger partial charge < -0.3 is 34.4 Å². The van der Waals surface area contributed by atoms with E-state index < -0.39 is 23.3 Å². The van der Waals surface area contributed by atoms with Crippen molar-refractivity contribution in [3.05, 3.63) is 47.7 Å². The molecule has 3 N–H and O–H groups in total. The average molecular weight is 774 g/mol. The van der Waals surface area contributed by atoms with Gasteiger partial charge >= 0.3 is 6.01 Å². The normalized spacial score (nSPS) is 28.4. The molecule has 5 fully saturated rings. The number of phenols is 1. The van der Waals surface area contributed by atoms with Gasteiger partial charge in [-0.2, -0.15) is 9.97 Å². The number of aryl methyl sites for hydroxylation is 1. The fourth-order valence-electron chi connectivity index (χ4n) is 10.9. The number of β-amino-alcohol motifs (C(OH)–C–C–N with tert-alkyl or cyclic N) is 1. The number of phenolic OH excluding ortho intramolecular Hbond substituents is 1. The molecule has 2 aromatic heterocycles. The van der Waals surface area contributed by atoms with Gasteiger partial charge in [0.25, 0.3) is 0 Å². The highest BCUT2D eigenvalue weighted by Crippen LogP contribution is 2.56. The molecular formula is C43H53F2N5O6. The van der Waals surface area contributed by atoms with Crippen LogP contribution in [0.25, 0.3) is 32.9 Å². The minimum Gasteiger partial charge on any atom is -0.508 e. The van der Waals surface area contributed by atoms with E-state index in [1.54, 1.807) is 17.9 Å². The number of fused-ring (bicyclic) bond motifs is 3. The topological polar surface area (TPSA) is 134 Å². The predicted octanol–water partition coefficient (Wildman–Crippen LogP) is 6.31. The monoisotopic (exact) mass is 773 g/mol. The summed E-state index contributed by atoms with van der Waals surface area (Å²) in [6.45, 7) is 6.67. The molecule has 4 aromatic rings. The molecule has 300 valence electrons. The Morgan fingerprint density at radius 1 is 1.05 bits per heavy atom. The van der Waals surface area contributed by atoms with Crippen LogP contribution in [0, 0.1) is 22.5 Å². The molecule has 5 aliphatic rings. The van der Waals surface area contributed by atoms with E-state index in [0.29, 0.717) is 52.7 Å². The van der Waals surface area contributed by atoms with Crippen molar-refractivity contribution in [2.24, 2.45) is 10.8 Å². The van der Waals surface area contributed by atoms with Crippen molar-refractivity contribution in [3.63, 3.8) is 0 Å². The summed E-state index contributed by atoms with van der Waals surface area (Å²) in [7, 11) is 0. The number of anilines is 1.